The van der Waals surface area contributed by atoms with Crippen molar-refractivity contribution in [3.05, 3.63) is 56.8 Å². The van der Waals surface area contributed by atoms with E-state index in [0.29, 0.717) is 12.2 Å². The summed E-state index contributed by atoms with van der Waals surface area (Å²) in [4.78, 5) is 25.5. The number of nitrogens with zero attached hydrogens (tertiary/aromatic N) is 2. The van der Waals surface area contributed by atoms with Crippen molar-refractivity contribution < 1.29 is 9.72 Å². The monoisotopic (exact) mass is 335 g/mol. The first kappa shape index (κ1) is 14.9. The van der Waals surface area contributed by atoms with Crippen LogP contribution in [0.25, 0.3) is 0 Å². The number of hydrogen-bond acceptors (Lipinski definition) is 5. The van der Waals surface area contributed by atoms with E-state index in [2.05, 4.69) is 5.32 Å². The molecular weight excluding hydrogens is 322 g/mol. The summed E-state index contributed by atoms with van der Waals surface area (Å²) in [6, 6.07) is 9.66. The predicted octanol–water partition coefficient (Wildman–Crippen LogP) is 3.94. The summed E-state index contributed by atoms with van der Waals surface area (Å²) in [5.41, 5.74) is 0.559. The molecule has 1 aliphatic rings. The first-order chi connectivity index (χ1) is 10.6. The summed E-state index contributed by atoms with van der Waals surface area (Å²) in [7, 11) is 0. The summed E-state index contributed by atoms with van der Waals surface area (Å²) < 4.78 is 0. The van der Waals surface area contributed by atoms with Gasteiger partial charge in [-0.2, -0.15) is 0 Å². The van der Waals surface area contributed by atoms with Gasteiger partial charge in [0.1, 0.15) is 5.37 Å². The number of rotatable bonds is 3. The summed E-state index contributed by atoms with van der Waals surface area (Å²) in [5, 5.41) is 15.5. The number of carbonyl (C=O) groups is 1. The zero-order valence-electron chi connectivity index (χ0n) is 11.5. The van der Waals surface area contributed by atoms with E-state index in [9.17, 15) is 14.9 Å². The van der Waals surface area contributed by atoms with Crippen LogP contribution >= 0.6 is 23.1 Å². The lowest BCUT2D eigenvalue weighted by Gasteiger charge is -2.23. The van der Waals surface area contributed by atoms with E-state index < -0.39 is 4.92 Å². The van der Waals surface area contributed by atoms with Crippen molar-refractivity contribution in [3.8, 4) is 0 Å². The van der Waals surface area contributed by atoms with Gasteiger partial charge in [-0.05, 0) is 23.6 Å². The molecule has 0 unspecified atom stereocenters. The van der Waals surface area contributed by atoms with Crippen molar-refractivity contribution in [2.75, 3.05) is 17.6 Å². The van der Waals surface area contributed by atoms with Gasteiger partial charge < -0.3 is 10.2 Å². The second kappa shape index (κ2) is 6.37. The number of nitrogens with one attached hydrogen (secondary N) is 1. The molecule has 2 amide bonds. The molecule has 1 atom stereocenters. The second-order valence-electron chi connectivity index (χ2n) is 4.67. The Morgan fingerprint density at radius 2 is 2.09 bits per heavy atom. The van der Waals surface area contributed by atoms with E-state index in [1.54, 1.807) is 40.1 Å². The number of nitro groups is 1. The van der Waals surface area contributed by atoms with Gasteiger partial charge in [-0.3, -0.25) is 10.1 Å². The summed E-state index contributed by atoms with van der Waals surface area (Å²) >= 11 is 3.37. The smallest absolute Gasteiger partial charge is 0.308 e. The van der Waals surface area contributed by atoms with Crippen LogP contribution in [0.1, 0.15) is 10.3 Å². The molecule has 2 heterocycles. The molecule has 0 bridgehead atoms. The van der Waals surface area contributed by atoms with Gasteiger partial charge in [0, 0.05) is 35.0 Å². The standard InChI is InChI=1S/C14H13N3O3S2/c18-14(15-10-3-5-11(6-4-10)17(19)20)16-7-9-22-13(16)12-2-1-8-21-12/h1-6,8,13H,7,9H2,(H,15,18)/t13-/m0/s1. The molecule has 0 spiro atoms. The van der Waals surface area contributed by atoms with Crippen LogP contribution in [0, 0.1) is 10.1 Å². The minimum atomic E-state index is -0.463. The highest BCUT2D eigenvalue weighted by molar-refractivity contribution is 7.99. The molecule has 114 valence electrons. The van der Waals surface area contributed by atoms with E-state index in [-0.39, 0.29) is 17.1 Å². The fourth-order valence-corrected chi connectivity index (χ4v) is 4.44. The van der Waals surface area contributed by atoms with Gasteiger partial charge in [-0.25, -0.2) is 4.79 Å². The van der Waals surface area contributed by atoms with Crippen molar-refractivity contribution in [3.63, 3.8) is 0 Å². The molecule has 22 heavy (non-hydrogen) atoms. The Bertz CT molecular complexity index is 673. The average Bonchev–Trinajstić information content (AvgIpc) is 3.18. The molecule has 1 fully saturated rings. The maximum atomic E-state index is 12.4. The van der Waals surface area contributed by atoms with E-state index >= 15 is 0 Å². The lowest BCUT2D eigenvalue weighted by molar-refractivity contribution is -0.384. The fourth-order valence-electron chi connectivity index (χ4n) is 2.21. The Morgan fingerprint density at radius 1 is 1.32 bits per heavy atom. The summed E-state index contributed by atoms with van der Waals surface area (Å²) in [6.45, 7) is 0.687. The van der Waals surface area contributed by atoms with Gasteiger partial charge in [0.15, 0.2) is 0 Å². The number of carbonyl (C=O) groups excluding carboxylic acids is 1. The SMILES string of the molecule is O=C(Nc1ccc([N+](=O)[O-])cc1)N1CCS[C@H]1c1cccs1. The van der Waals surface area contributed by atoms with Crippen LogP contribution in [-0.4, -0.2) is 28.2 Å². The third-order valence-electron chi connectivity index (χ3n) is 3.27. The maximum Gasteiger partial charge on any atom is 0.323 e. The molecule has 0 radical (unpaired) electrons. The van der Waals surface area contributed by atoms with Crippen molar-refractivity contribution in [2.24, 2.45) is 0 Å². The Hall–Kier alpha value is -2.06. The number of nitro benzene ring substituents is 1. The highest BCUT2D eigenvalue weighted by Gasteiger charge is 2.31. The molecule has 2 aromatic rings. The van der Waals surface area contributed by atoms with Crippen molar-refractivity contribution in [2.45, 2.75) is 5.37 Å². The van der Waals surface area contributed by atoms with Gasteiger partial charge in [0.25, 0.3) is 5.69 Å². The van der Waals surface area contributed by atoms with Crippen LogP contribution in [0.4, 0.5) is 16.2 Å². The first-order valence-electron chi connectivity index (χ1n) is 6.62. The molecule has 1 aliphatic heterocycles. The van der Waals surface area contributed by atoms with Crippen LogP contribution in [0.5, 0.6) is 0 Å². The maximum absolute atomic E-state index is 12.4. The van der Waals surface area contributed by atoms with Crippen LogP contribution in [0.3, 0.4) is 0 Å². The number of thioether (sulfide) groups is 1. The largest absolute Gasteiger partial charge is 0.323 e. The van der Waals surface area contributed by atoms with Crippen molar-refractivity contribution in [1.29, 1.82) is 0 Å². The van der Waals surface area contributed by atoms with E-state index in [4.69, 9.17) is 0 Å². The van der Waals surface area contributed by atoms with Gasteiger partial charge in [0.2, 0.25) is 0 Å². The number of thiophene rings is 1. The Kier molecular flexibility index (Phi) is 4.30. The zero-order chi connectivity index (χ0) is 15.5. The number of non-ortho nitro benzene ring substituents is 1. The summed E-state index contributed by atoms with van der Waals surface area (Å²) in [5.74, 6) is 0.899. The normalized spacial score (nSPS) is 17.5. The molecule has 1 aromatic heterocycles. The lowest BCUT2D eigenvalue weighted by Crippen LogP contribution is -2.34. The predicted molar refractivity (Wildman–Crippen MR) is 88.3 cm³/mol. The van der Waals surface area contributed by atoms with Crippen LogP contribution in [0.15, 0.2) is 41.8 Å². The van der Waals surface area contributed by atoms with Crippen LogP contribution in [0.2, 0.25) is 0 Å². The molecule has 1 saturated heterocycles. The number of urea groups is 1. The van der Waals surface area contributed by atoms with Gasteiger partial charge in [0.05, 0.1) is 4.92 Å². The number of amides is 2. The van der Waals surface area contributed by atoms with Gasteiger partial charge >= 0.3 is 6.03 Å². The lowest BCUT2D eigenvalue weighted by atomic mass is 10.3. The molecule has 8 heteroatoms. The average molecular weight is 335 g/mol. The quantitative estimate of drug-likeness (QED) is 0.681. The van der Waals surface area contributed by atoms with E-state index in [1.165, 1.54) is 12.1 Å². The third-order valence-corrected chi connectivity index (χ3v) is 5.58. The van der Waals surface area contributed by atoms with E-state index in [0.717, 1.165) is 10.6 Å². The van der Waals surface area contributed by atoms with Crippen molar-refractivity contribution in [1.82, 2.24) is 4.90 Å². The topological polar surface area (TPSA) is 75.5 Å². The molecule has 6 nitrogen and oxygen atoms in total. The zero-order valence-corrected chi connectivity index (χ0v) is 13.1. The third kappa shape index (κ3) is 3.07. The van der Waals surface area contributed by atoms with Crippen molar-refractivity contribution >= 4 is 40.5 Å². The highest BCUT2D eigenvalue weighted by atomic mass is 32.2. The Labute approximate surface area is 135 Å². The molecular formula is C14H13N3O3S2. The molecule has 0 saturated carbocycles. The first-order valence-corrected chi connectivity index (χ1v) is 8.55. The fraction of sp³-hybridized carbons (Fsp3) is 0.214. The van der Waals surface area contributed by atoms with Gasteiger partial charge in [-0.15, -0.1) is 23.1 Å². The highest BCUT2D eigenvalue weighted by Crippen LogP contribution is 2.40. The van der Waals surface area contributed by atoms with Gasteiger partial charge in [-0.1, -0.05) is 6.07 Å². The second-order valence-corrected chi connectivity index (χ2v) is 6.83. The van der Waals surface area contributed by atoms with E-state index in [1.807, 2.05) is 17.5 Å². The van der Waals surface area contributed by atoms with Crippen LogP contribution in [-0.2, 0) is 0 Å². The molecule has 1 N–H and O–H groups in total. The van der Waals surface area contributed by atoms with Crippen LogP contribution < -0.4 is 5.32 Å². The Morgan fingerprint density at radius 3 is 2.73 bits per heavy atom. The number of hydrogen-bond donors (Lipinski definition) is 1. The summed E-state index contributed by atoms with van der Waals surface area (Å²) in [6.07, 6.45) is 0. The minimum Gasteiger partial charge on any atom is -0.308 e. The number of anilines is 1. The number of benzene rings is 1. The minimum absolute atomic E-state index is 0.00573. The molecule has 1 aromatic carbocycles. The molecule has 0 aliphatic carbocycles. The molecule has 3 rings (SSSR count). The Balaban J connectivity index is 1.69.